The van der Waals surface area contributed by atoms with Crippen LogP contribution in [-0.2, 0) is 10.8 Å². The van der Waals surface area contributed by atoms with Crippen LogP contribution in [0.1, 0.15) is 62.6 Å². The van der Waals surface area contributed by atoms with Crippen molar-refractivity contribution in [1.29, 1.82) is 0 Å². The van der Waals surface area contributed by atoms with Gasteiger partial charge in [0, 0.05) is 27.9 Å². The quantitative estimate of drug-likeness (QED) is 0.148. The Hall–Kier alpha value is -6.44. The molecule has 13 rings (SSSR count). The Balaban J connectivity index is 1.04. The highest BCUT2D eigenvalue weighted by Gasteiger charge is 2.58. The van der Waals surface area contributed by atoms with Gasteiger partial charge in [-0.05, 0) is 153 Å². The average molecular weight is 786 g/mol. The lowest BCUT2D eigenvalue weighted by Gasteiger charge is -2.33. The van der Waals surface area contributed by atoms with Crippen molar-refractivity contribution < 1.29 is 0 Å². The maximum Gasteiger partial charge on any atom is 0.0618 e. The van der Waals surface area contributed by atoms with E-state index in [2.05, 4.69) is 213 Å². The third-order valence-corrected chi connectivity index (χ3v) is 15.3. The molecule has 0 N–H and O–H groups in total. The molecule has 4 fully saturated rings. The number of benzene rings is 8. The third-order valence-electron chi connectivity index (χ3n) is 15.3. The van der Waals surface area contributed by atoms with Crippen LogP contribution in [0.2, 0.25) is 0 Å². The Morgan fingerprint density at radius 3 is 1.49 bits per heavy atom. The zero-order valence-electron chi connectivity index (χ0n) is 35.2. The Bertz CT molecular complexity index is 2830. The predicted octanol–water partition coefficient (Wildman–Crippen LogP) is 16.2. The molecule has 0 heterocycles. The van der Waals surface area contributed by atoms with Crippen LogP contribution in [0.15, 0.2) is 194 Å². The van der Waals surface area contributed by atoms with E-state index in [4.69, 9.17) is 0 Å². The second kappa shape index (κ2) is 14.1. The zero-order valence-corrected chi connectivity index (χ0v) is 35.2. The summed E-state index contributed by atoms with van der Waals surface area (Å²) in [4.78, 5) is 2.54. The fourth-order valence-electron chi connectivity index (χ4n) is 12.7. The molecule has 0 amide bonds. The predicted molar refractivity (Wildman–Crippen MR) is 256 cm³/mol. The van der Waals surface area contributed by atoms with Gasteiger partial charge in [0.1, 0.15) is 0 Å². The van der Waals surface area contributed by atoms with Crippen LogP contribution in [-0.4, -0.2) is 0 Å². The van der Waals surface area contributed by atoms with Crippen molar-refractivity contribution in [1.82, 2.24) is 0 Å². The second-order valence-electron chi connectivity index (χ2n) is 19.1. The van der Waals surface area contributed by atoms with Crippen molar-refractivity contribution >= 4 is 17.1 Å². The lowest BCUT2D eigenvalue weighted by atomic mass is 9.71. The molecule has 4 saturated carbocycles. The van der Waals surface area contributed by atoms with E-state index in [1.165, 1.54) is 105 Å². The standard InChI is InChI=1S/C60H51N/c1-59(2)56-21-13-12-20-52(56)53-31-30-51(37-57(53)59)61(50-28-24-44(25-29-50)43-22-26-48(27-23-43)60-38-40-32-41(39-60)34-49(60)33-40)58-54(45-16-8-4-9-17-45)35-47(42-14-6-3-7-15-42)36-55(58)46-18-10-5-11-19-46/h3-31,35-37,40-41,49H,32-34,38-39H2,1-2H3. The minimum atomic E-state index is -0.137. The molecule has 296 valence electrons. The lowest BCUT2D eigenvalue weighted by Crippen LogP contribution is -2.27. The van der Waals surface area contributed by atoms with Crippen molar-refractivity contribution in [2.24, 2.45) is 17.8 Å². The van der Waals surface area contributed by atoms with Crippen LogP contribution in [0.3, 0.4) is 0 Å². The van der Waals surface area contributed by atoms with Gasteiger partial charge in [0.2, 0.25) is 0 Å². The smallest absolute Gasteiger partial charge is 0.0618 e. The van der Waals surface area contributed by atoms with Gasteiger partial charge in [-0.1, -0.05) is 172 Å². The number of hydrogen-bond acceptors (Lipinski definition) is 1. The van der Waals surface area contributed by atoms with E-state index in [0.29, 0.717) is 5.41 Å². The lowest BCUT2D eigenvalue weighted by molar-refractivity contribution is 0.266. The number of hydrogen-bond donors (Lipinski definition) is 0. The molecule has 0 radical (unpaired) electrons. The van der Waals surface area contributed by atoms with Crippen LogP contribution in [0.25, 0.3) is 55.6 Å². The molecule has 8 aromatic carbocycles. The van der Waals surface area contributed by atoms with E-state index in [9.17, 15) is 0 Å². The van der Waals surface area contributed by atoms with E-state index >= 15 is 0 Å². The van der Waals surface area contributed by atoms with E-state index < -0.39 is 0 Å². The Morgan fingerprint density at radius 2 is 0.885 bits per heavy atom. The molecule has 2 atom stereocenters. The number of rotatable bonds is 8. The third kappa shape index (κ3) is 5.88. The molecule has 5 aliphatic rings. The summed E-state index contributed by atoms with van der Waals surface area (Å²) >= 11 is 0. The van der Waals surface area contributed by atoms with Gasteiger partial charge < -0.3 is 4.90 Å². The van der Waals surface area contributed by atoms with Crippen LogP contribution in [0, 0.1) is 17.8 Å². The SMILES string of the molecule is CC1(C)c2ccccc2-c2ccc(N(c3ccc(-c4ccc(C56CC7CC(CC5C7)C6)cc4)cc3)c3c(-c4ccccc4)cc(-c4ccccc4)cc3-c3ccccc3)cc21. The van der Waals surface area contributed by atoms with Gasteiger partial charge in [-0.3, -0.25) is 0 Å². The minimum absolute atomic E-state index is 0.137. The average Bonchev–Trinajstić information content (AvgIpc) is 3.83. The fourth-order valence-corrected chi connectivity index (χ4v) is 12.7. The van der Waals surface area contributed by atoms with Crippen LogP contribution >= 0.6 is 0 Å². The molecule has 1 heteroatoms. The van der Waals surface area contributed by atoms with E-state index in [1.54, 1.807) is 5.56 Å². The maximum atomic E-state index is 2.54. The molecule has 0 saturated heterocycles. The minimum Gasteiger partial charge on any atom is -0.309 e. The summed E-state index contributed by atoms with van der Waals surface area (Å²) in [6.45, 7) is 4.76. The Kier molecular flexibility index (Phi) is 8.40. The Morgan fingerprint density at radius 1 is 0.393 bits per heavy atom. The maximum absolute atomic E-state index is 2.54. The molecular formula is C60H51N. The van der Waals surface area contributed by atoms with E-state index in [0.717, 1.165) is 29.1 Å². The summed E-state index contributed by atoms with van der Waals surface area (Å²) in [5.74, 6) is 2.81. The molecule has 61 heavy (non-hydrogen) atoms. The number of nitrogens with zero attached hydrogens (tertiary/aromatic N) is 1. The summed E-state index contributed by atoms with van der Waals surface area (Å²) in [6.07, 6.45) is 7.21. The fraction of sp³-hybridized carbons (Fsp3) is 0.200. The van der Waals surface area contributed by atoms with Crippen molar-refractivity contribution in [3.8, 4) is 55.6 Å². The first kappa shape index (κ1) is 36.4. The highest BCUT2D eigenvalue weighted by atomic mass is 15.1. The summed E-state index contributed by atoms with van der Waals surface area (Å²) in [5.41, 5.74) is 20.5. The molecular weight excluding hydrogens is 735 g/mol. The largest absolute Gasteiger partial charge is 0.309 e. The van der Waals surface area contributed by atoms with Crippen LogP contribution in [0.5, 0.6) is 0 Å². The molecule has 4 bridgehead atoms. The van der Waals surface area contributed by atoms with Gasteiger partial charge in [0.25, 0.3) is 0 Å². The molecule has 0 aromatic heterocycles. The van der Waals surface area contributed by atoms with Crippen LogP contribution < -0.4 is 4.90 Å². The van der Waals surface area contributed by atoms with Crippen molar-refractivity contribution in [3.05, 3.63) is 211 Å². The van der Waals surface area contributed by atoms with Crippen molar-refractivity contribution in [2.75, 3.05) is 4.90 Å². The molecule has 5 aliphatic carbocycles. The van der Waals surface area contributed by atoms with Gasteiger partial charge in [-0.25, -0.2) is 0 Å². The summed E-state index contributed by atoms with van der Waals surface area (Å²) < 4.78 is 0. The van der Waals surface area contributed by atoms with Gasteiger partial charge in [0.15, 0.2) is 0 Å². The van der Waals surface area contributed by atoms with Crippen molar-refractivity contribution in [3.63, 3.8) is 0 Å². The normalized spacial score (nSPS) is 21.3. The first-order chi connectivity index (χ1) is 29.9. The highest BCUT2D eigenvalue weighted by Crippen LogP contribution is 2.66. The summed E-state index contributed by atoms with van der Waals surface area (Å²) in [7, 11) is 0. The zero-order chi connectivity index (χ0) is 40.7. The summed E-state index contributed by atoms with van der Waals surface area (Å²) in [6, 6.07) is 72.9. The van der Waals surface area contributed by atoms with Crippen molar-refractivity contribution in [2.45, 2.75) is 56.8 Å². The van der Waals surface area contributed by atoms with E-state index in [1.807, 2.05) is 0 Å². The van der Waals surface area contributed by atoms with Crippen LogP contribution in [0.4, 0.5) is 17.1 Å². The van der Waals surface area contributed by atoms with Gasteiger partial charge >= 0.3 is 0 Å². The van der Waals surface area contributed by atoms with Gasteiger partial charge in [0.05, 0.1) is 5.69 Å². The topological polar surface area (TPSA) is 3.24 Å². The highest BCUT2D eigenvalue weighted by molar-refractivity contribution is 6.01. The number of fused-ring (bicyclic) bond motifs is 3. The molecule has 2 unspecified atom stereocenters. The molecule has 1 nitrogen and oxygen atoms in total. The first-order valence-corrected chi connectivity index (χ1v) is 22.5. The Labute approximate surface area is 361 Å². The monoisotopic (exact) mass is 785 g/mol. The first-order valence-electron chi connectivity index (χ1n) is 22.5. The van der Waals surface area contributed by atoms with E-state index in [-0.39, 0.29) is 5.41 Å². The molecule has 0 aliphatic heterocycles. The second-order valence-corrected chi connectivity index (χ2v) is 19.1. The van der Waals surface area contributed by atoms with Gasteiger partial charge in [-0.2, -0.15) is 0 Å². The molecule has 0 spiro atoms. The number of anilines is 3. The summed E-state index contributed by atoms with van der Waals surface area (Å²) in [5, 5.41) is 0. The van der Waals surface area contributed by atoms with Gasteiger partial charge in [-0.15, -0.1) is 0 Å². The molecule has 8 aromatic rings.